The quantitative estimate of drug-likeness (QED) is 0.203. The number of nitrogens with zero attached hydrogens (tertiary/aromatic N) is 2. The molecule has 2 fully saturated rings. The van der Waals surface area contributed by atoms with Crippen molar-refractivity contribution in [3.63, 3.8) is 0 Å². The second kappa shape index (κ2) is 12.2. The number of carbonyl (C=O) groups is 2. The molecule has 0 saturated heterocycles. The van der Waals surface area contributed by atoms with Crippen molar-refractivity contribution in [3.8, 4) is 0 Å². The van der Waals surface area contributed by atoms with Crippen LogP contribution in [0.4, 0.5) is 0 Å². The van der Waals surface area contributed by atoms with Gasteiger partial charge in [0.05, 0.1) is 24.6 Å². The summed E-state index contributed by atoms with van der Waals surface area (Å²) >= 11 is 0. The highest BCUT2D eigenvalue weighted by Crippen LogP contribution is 2.70. The third kappa shape index (κ3) is 4.61. The van der Waals surface area contributed by atoms with Gasteiger partial charge >= 0.3 is 11.9 Å². The van der Waals surface area contributed by atoms with Crippen molar-refractivity contribution < 1.29 is 19.1 Å². The second-order valence-corrected chi connectivity index (χ2v) is 12.3. The third-order valence-corrected chi connectivity index (χ3v) is 10.1. The van der Waals surface area contributed by atoms with Crippen molar-refractivity contribution in [1.82, 2.24) is 0 Å². The van der Waals surface area contributed by atoms with Crippen LogP contribution in [-0.2, 0) is 19.1 Å². The summed E-state index contributed by atoms with van der Waals surface area (Å²) in [6.45, 7) is 5.91. The topological polar surface area (TPSA) is 77.3 Å². The molecule has 0 spiro atoms. The summed E-state index contributed by atoms with van der Waals surface area (Å²) in [4.78, 5) is 35.2. The van der Waals surface area contributed by atoms with Crippen LogP contribution in [0.25, 0.3) is 0 Å². The summed E-state index contributed by atoms with van der Waals surface area (Å²) in [6, 6.07) is 40.6. The van der Waals surface area contributed by atoms with Crippen molar-refractivity contribution in [2.75, 3.05) is 26.3 Å². The van der Waals surface area contributed by atoms with Gasteiger partial charge in [-0.2, -0.15) is 0 Å². The number of benzene rings is 4. The van der Waals surface area contributed by atoms with Crippen molar-refractivity contribution in [1.29, 1.82) is 0 Å². The molecule has 0 radical (unpaired) electrons. The Kier molecular flexibility index (Phi) is 7.89. The number of rotatable bonds is 8. The standard InChI is InChI=1S/2C20H19NO2/c2*1-2-23-19(22)20-16(17(20)14-9-5-3-6-10-14)13-21-18(20)15-11-7-4-8-12-15/h2*3-12,16-17H,2,13H2,1H3/t2*16-,17-,20+/m11/s1. The lowest BCUT2D eigenvalue weighted by atomic mass is 9.89. The zero-order valence-corrected chi connectivity index (χ0v) is 26.2. The minimum absolute atomic E-state index is 0.126. The molecule has 2 saturated carbocycles. The molecule has 2 aliphatic carbocycles. The third-order valence-electron chi connectivity index (χ3n) is 10.1. The molecule has 4 aliphatic rings. The van der Waals surface area contributed by atoms with Crippen LogP contribution in [-0.4, -0.2) is 49.7 Å². The van der Waals surface area contributed by atoms with Crippen molar-refractivity contribution in [2.45, 2.75) is 25.7 Å². The highest BCUT2D eigenvalue weighted by atomic mass is 16.5. The monoisotopic (exact) mass is 610 g/mol. The van der Waals surface area contributed by atoms with Gasteiger partial charge in [0, 0.05) is 36.8 Å². The SMILES string of the molecule is CCOC(=O)[C@@]12C(c3ccccc3)=NC[C@@H]1[C@H]2c1ccccc1.CCOC(=O)[C@@]12C(c3ccccc3)=NC[C@@H]1[C@H]2c1ccccc1. The minimum atomic E-state index is -0.598. The van der Waals surface area contributed by atoms with E-state index < -0.39 is 10.8 Å². The van der Waals surface area contributed by atoms with E-state index in [0.717, 1.165) is 22.6 Å². The summed E-state index contributed by atoms with van der Waals surface area (Å²) in [7, 11) is 0. The zero-order valence-electron chi connectivity index (χ0n) is 26.2. The number of hydrogen-bond donors (Lipinski definition) is 0. The Balaban J connectivity index is 0.000000147. The van der Waals surface area contributed by atoms with Crippen molar-refractivity contribution in [3.05, 3.63) is 144 Å². The predicted molar refractivity (Wildman–Crippen MR) is 179 cm³/mol. The van der Waals surface area contributed by atoms with Gasteiger partial charge in [-0.15, -0.1) is 0 Å². The van der Waals surface area contributed by atoms with E-state index in [1.54, 1.807) is 0 Å². The fourth-order valence-electron chi connectivity index (χ4n) is 8.12. The Labute approximate surface area is 270 Å². The Hall–Kier alpha value is -4.84. The van der Waals surface area contributed by atoms with Gasteiger partial charge in [0.15, 0.2) is 0 Å². The van der Waals surface area contributed by atoms with Gasteiger partial charge < -0.3 is 9.47 Å². The molecule has 232 valence electrons. The molecular formula is C40H38N2O4. The second-order valence-electron chi connectivity index (χ2n) is 12.3. The van der Waals surface area contributed by atoms with E-state index in [2.05, 4.69) is 24.3 Å². The van der Waals surface area contributed by atoms with E-state index in [9.17, 15) is 9.59 Å². The first kappa shape index (κ1) is 29.8. The molecule has 2 heterocycles. The average Bonchev–Trinajstić information content (AvgIpc) is 3.84. The van der Waals surface area contributed by atoms with Crippen molar-refractivity contribution >= 4 is 23.4 Å². The number of esters is 2. The molecule has 6 heteroatoms. The highest BCUT2D eigenvalue weighted by Gasteiger charge is 2.76. The summed E-state index contributed by atoms with van der Waals surface area (Å²) in [5.74, 6) is 0.544. The number of hydrogen-bond acceptors (Lipinski definition) is 6. The van der Waals surface area contributed by atoms with Gasteiger partial charge in [0.25, 0.3) is 0 Å². The van der Waals surface area contributed by atoms with Crippen LogP contribution in [0.3, 0.4) is 0 Å². The van der Waals surface area contributed by atoms with E-state index in [1.165, 1.54) is 11.1 Å². The number of carbonyl (C=O) groups excluding carboxylic acids is 2. The molecular weight excluding hydrogens is 572 g/mol. The van der Waals surface area contributed by atoms with Gasteiger partial charge in [0.1, 0.15) is 10.8 Å². The van der Waals surface area contributed by atoms with Gasteiger partial charge in [-0.3, -0.25) is 19.6 Å². The number of aliphatic imine (C=N–C) groups is 2. The van der Waals surface area contributed by atoms with Gasteiger partial charge in [-0.25, -0.2) is 0 Å². The first-order valence-electron chi connectivity index (χ1n) is 16.2. The summed E-state index contributed by atoms with van der Waals surface area (Å²) in [5.41, 5.74) is 5.06. The molecule has 0 amide bonds. The maximum absolute atomic E-state index is 12.9. The lowest BCUT2D eigenvalue weighted by molar-refractivity contribution is -0.148. The highest BCUT2D eigenvalue weighted by molar-refractivity contribution is 6.21. The first-order chi connectivity index (χ1) is 22.6. The maximum atomic E-state index is 12.9. The smallest absolute Gasteiger partial charge is 0.319 e. The Bertz CT molecular complexity index is 1640. The van der Waals surface area contributed by atoms with Gasteiger partial charge in [-0.05, 0) is 36.1 Å². The van der Waals surface area contributed by atoms with E-state index in [0.29, 0.717) is 26.3 Å². The van der Waals surface area contributed by atoms with Gasteiger partial charge in [0.2, 0.25) is 0 Å². The van der Waals surface area contributed by atoms with Crippen LogP contribution in [0.15, 0.2) is 131 Å². The zero-order chi connectivity index (χ0) is 31.7. The molecule has 0 bridgehead atoms. The fourth-order valence-corrected chi connectivity index (χ4v) is 8.12. The normalized spacial score (nSPS) is 28.0. The molecule has 4 aromatic carbocycles. The number of ether oxygens (including phenoxy) is 2. The lowest BCUT2D eigenvalue weighted by Crippen LogP contribution is -2.30. The maximum Gasteiger partial charge on any atom is 0.319 e. The van der Waals surface area contributed by atoms with Crippen LogP contribution in [0.5, 0.6) is 0 Å². The molecule has 0 unspecified atom stereocenters. The first-order valence-corrected chi connectivity index (χ1v) is 16.2. The van der Waals surface area contributed by atoms with E-state index in [4.69, 9.17) is 19.5 Å². The van der Waals surface area contributed by atoms with Crippen LogP contribution >= 0.6 is 0 Å². The average molecular weight is 611 g/mol. The van der Waals surface area contributed by atoms with Crippen LogP contribution in [0.1, 0.15) is 47.9 Å². The lowest BCUT2D eigenvalue weighted by Gasteiger charge is -2.18. The number of fused-ring (bicyclic) bond motifs is 2. The minimum Gasteiger partial charge on any atom is -0.465 e. The molecule has 4 aromatic rings. The Morgan fingerprint density at radius 3 is 1.22 bits per heavy atom. The molecule has 8 rings (SSSR count). The molecule has 46 heavy (non-hydrogen) atoms. The summed E-state index contributed by atoms with van der Waals surface area (Å²) in [6.07, 6.45) is 0. The molecule has 6 nitrogen and oxygen atoms in total. The van der Waals surface area contributed by atoms with E-state index >= 15 is 0 Å². The molecule has 2 aliphatic heterocycles. The molecule has 6 atom stereocenters. The Morgan fingerprint density at radius 1 is 0.565 bits per heavy atom. The van der Waals surface area contributed by atoms with Crippen molar-refractivity contribution in [2.24, 2.45) is 32.7 Å². The van der Waals surface area contributed by atoms with Crippen LogP contribution in [0.2, 0.25) is 0 Å². The fraction of sp³-hybridized carbons (Fsp3) is 0.300. The largest absolute Gasteiger partial charge is 0.465 e. The Morgan fingerprint density at radius 2 is 0.891 bits per heavy atom. The van der Waals surface area contributed by atoms with Gasteiger partial charge in [-0.1, -0.05) is 121 Å². The summed E-state index contributed by atoms with van der Waals surface area (Å²) in [5, 5.41) is 0. The summed E-state index contributed by atoms with van der Waals surface area (Å²) < 4.78 is 10.9. The van der Waals surface area contributed by atoms with E-state index in [-0.39, 0.29) is 35.6 Å². The predicted octanol–water partition coefficient (Wildman–Crippen LogP) is 6.90. The van der Waals surface area contributed by atoms with E-state index in [1.807, 2.05) is 111 Å². The molecule has 0 N–H and O–H groups in total. The van der Waals surface area contributed by atoms with Crippen LogP contribution in [0, 0.1) is 22.7 Å². The van der Waals surface area contributed by atoms with Crippen LogP contribution < -0.4 is 0 Å². The molecule has 0 aromatic heterocycles.